The zero-order valence-electron chi connectivity index (χ0n) is 27.9. The highest BCUT2D eigenvalue weighted by molar-refractivity contribution is 5.98. The number of alkyl halides is 1. The van der Waals surface area contributed by atoms with Crippen molar-refractivity contribution in [1.82, 2.24) is 20.2 Å². The SMILES string of the molecule is COC(=O)C1CCN(CC[C@@H](NC(=O)c2cc(F)c3nc4c(cc3c2)C[C@](F)(C(C)C)CC4)c2ccc(-c3cnc(O)c(F)c3)cc2)CC1. The van der Waals surface area contributed by atoms with Gasteiger partial charge in [-0.05, 0) is 92.1 Å². The Morgan fingerprint density at radius 1 is 1.06 bits per heavy atom. The maximum Gasteiger partial charge on any atom is 0.308 e. The summed E-state index contributed by atoms with van der Waals surface area (Å²) in [5, 5.41) is 13.0. The zero-order valence-corrected chi connectivity index (χ0v) is 27.9. The average molecular weight is 675 g/mol. The molecule has 1 amide bonds. The van der Waals surface area contributed by atoms with Crippen molar-refractivity contribution >= 4 is 22.8 Å². The lowest BCUT2D eigenvalue weighted by Gasteiger charge is -2.34. The molecule has 11 heteroatoms. The minimum Gasteiger partial charge on any atom is -0.491 e. The van der Waals surface area contributed by atoms with E-state index in [0.717, 1.165) is 11.1 Å². The molecule has 2 atom stereocenters. The third-order valence-corrected chi connectivity index (χ3v) is 10.2. The van der Waals surface area contributed by atoms with E-state index in [2.05, 4.69) is 20.2 Å². The van der Waals surface area contributed by atoms with Crippen LogP contribution in [0.3, 0.4) is 0 Å². The molecule has 0 bridgehead atoms. The van der Waals surface area contributed by atoms with E-state index in [1.165, 1.54) is 25.4 Å². The van der Waals surface area contributed by atoms with E-state index in [9.17, 15) is 19.1 Å². The van der Waals surface area contributed by atoms with Gasteiger partial charge in [0, 0.05) is 41.4 Å². The standard InChI is InChI=1S/C38H41F3N4O4/c1-22(2)38(41)12-8-32-28(20-38)17-26-16-27(18-30(39)34(26)43-32)35(46)44-33(11-15-45-13-9-25(10-14-45)37(48)49-3)24-6-4-23(5-7-24)29-19-31(40)36(47)42-21-29/h4-7,16-19,21-22,25,33H,8-15,20H2,1-3H3,(H,42,47)(H,44,46)/t33-,38+/m1/s1. The van der Waals surface area contributed by atoms with Gasteiger partial charge in [-0.15, -0.1) is 0 Å². The predicted octanol–water partition coefficient (Wildman–Crippen LogP) is 6.88. The first-order valence-electron chi connectivity index (χ1n) is 16.8. The second-order valence-corrected chi connectivity index (χ2v) is 13.6. The first-order chi connectivity index (χ1) is 23.4. The molecule has 1 aliphatic carbocycles. The molecule has 8 nitrogen and oxygen atoms in total. The van der Waals surface area contributed by atoms with Gasteiger partial charge >= 0.3 is 5.97 Å². The van der Waals surface area contributed by atoms with Crippen LogP contribution in [0.25, 0.3) is 22.0 Å². The molecular formula is C38H41F3N4O4. The number of benzene rings is 2. The molecule has 1 aliphatic heterocycles. The van der Waals surface area contributed by atoms with Gasteiger partial charge in [-0.2, -0.15) is 0 Å². The van der Waals surface area contributed by atoms with Gasteiger partial charge < -0.3 is 20.1 Å². The lowest BCUT2D eigenvalue weighted by molar-refractivity contribution is -0.147. The van der Waals surface area contributed by atoms with E-state index in [1.54, 1.807) is 24.3 Å². The molecule has 49 heavy (non-hydrogen) atoms. The largest absolute Gasteiger partial charge is 0.491 e. The minimum absolute atomic E-state index is 0.127. The van der Waals surface area contributed by atoms with E-state index in [1.807, 2.05) is 26.0 Å². The molecule has 258 valence electrons. The lowest BCUT2D eigenvalue weighted by Crippen LogP contribution is -2.39. The summed E-state index contributed by atoms with van der Waals surface area (Å²) < 4.78 is 49.9. The van der Waals surface area contributed by atoms with Gasteiger partial charge in [0.15, 0.2) is 5.82 Å². The number of methoxy groups -OCH3 is 1. The van der Waals surface area contributed by atoms with E-state index in [4.69, 9.17) is 4.74 Å². The third-order valence-electron chi connectivity index (χ3n) is 10.2. The average Bonchev–Trinajstić information content (AvgIpc) is 3.10. The summed E-state index contributed by atoms with van der Waals surface area (Å²) in [6, 6.07) is 12.5. The summed E-state index contributed by atoms with van der Waals surface area (Å²) in [6.07, 6.45) is 4.24. The molecule has 2 aromatic heterocycles. The number of likely N-dealkylation sites (tertiary alicyclic amines) is 1. The second kappa shape index (κ2) is 14.2. The van der Waals surface area contributed by atoms with Crippen LogP contribution in [0.5, 0.6) is 5.88 Å². The number of pyridine rings is 2. The van der Waals surface area contributed by atoms with Gasteiger partial charge in [0.2, 0.25) is 5.88 Å². The number of halogens is 3. The summed E-state index contributed by atoms with van der Waals surface area (Å²) in [7, 11) is 1.40. The van der Waals surface area contributed by atoms with Crippen LogP contribution in [0.2, 0.25) is 0 Å². The van der Waals surface area contributed by atoms with Crippen LogP contribution in [0.4, 0.5) is 13.2 Å². The Morgan fingerprint density at radius 2 is 1.80 bits per heavy atom. The number of ether oxygens (including phenoxy) is 1. The van der Waals surface area contributed by atoms with Crippen molar-refractivity contribution in [3.63, 3.8) is 0 Å². The summed E-state index contributed by atoms with van der Waals surface area (Å²) in [4.78, 5) is 36.3. The van der Waals surface area contributed by atoms with Gasteiger partial charge in [0.1, 0.15) is 17.0 Å². The summed E-state index contributed by atoms with van der Waals surface area (Å²) >= 11 is 0. The number of nitrogens with zero attached hydrogens (tertiary/aromatic N) is 3. The lowest BCUT2D eigenvalue weighted by atomic mass is 9.77. The Bertz CT molecular complexity index is 1860. The van der Waals surface area contributed by atoms with Gasteiger partial charge in [-0.25, -0.2) is 23.1 Å². The molecule has 0 unspecified atom stereocenters. The quantitative estimate of drug-likeness (QED) is 0.187. The molecule has 3 heterocycles. The number of esters is 1. The fraction of sp³-hybridized carbons (Fsp3) is 0.421. The molecule has 2 aliphatic rings. The van der Waals surface area contributed by atoms with Crippen LogP contribution in [-0.2, 0) is 22.4 Å². The van der Waals surface area contributed by atoms with Crippen molar-refractivity contribution in [2.24, 2.45) is 11.8 Å². The Morgan fingerprint density at radius 3 is 2.47 bits per heavy atom. The van der Waals surface area contributed by atoms with Crippen molar-refractivity contribution in [3.8, 4) is 17.0 Å². The Kier molecular flexibility index (Phi) is 9.92. The van der Waals surface area contributed by atoms with Gasteiger partial charge in [-0.3, -0.25) is 9.59 Å². The maximum absolute atomic E-state index is 15.6. The fourth-order valence-corrected chi connectivity index (χ4v) is 6.98. The Labute approximate surface area is 283 Å². The molecule has 0 saturated carbocycles. The molecule has 0 radical (unpaired) electrons. The Hall–Kier alpha value is -4.51. The number of fused-ring (bicyclic) bond motifs is 2. The highest BCUT2D eigenvalue weighted by Crippen LogP contribution is 2.38. The van der Waals surface area contributed by atoms with Crippen molar-refractivity contribution in [2.45, 2.75) is 64.1 Å². The molecule has 6 rings (SSSR count). The highest BCUT2D eigenvalue weighted by atomic mass is 19.1. The topological polar surface area (TPSA) is 105 Å². The van der Waals surface area contributed by atoms with Crippen LogP contribution < -0.4 is 5.32 Å². The number of amides is 1. The van der Waals surface area contributed by atoms with Crippen molar-refractivity contribution in [3.05, 3.63) is 88.7 Å². The molecule has 2 N–H and O–H groups in total. The monoisotopic (exact) mass is 674 g/mol. The molecule has 0 spiro atoms. The number of hydrogen-bond donors (Lipinski definition) is 2. The highest BCUT2D eigenvalue weighted by Gasteiger charge is 2.38. The second-order valence-electron chi connectivity index (χ2n) is 13.6. The van der Waals surface area contributed by atoms with Crippen LogP contribution in [-0.4, -0.2) is 64.3 Å². The Balaban J connectivity index is 1.24. The number of carbonyl (C=O) groups is 2. The molecule has 1 fully saturated rings. The van der Waals surface area contributed by atoms with Crippen LogP contribution in [0.15, 0.2) is 54.7 Å². The first kappa shape index (κ1) is 34.4. The minimum atomic E-state index is -1.36. The van der Waals surface area contributed by atoms with E-state index in [0.29, 0.717) is 73.9 Å². The van der Waals surface area contributed by atoms with Gasteiger partial charge in [0.05, 0.1) is 19.1 Å². The molecule has 2 aromatic carbocycles. The number of rotatable bonds is 9. The van der Waals surface area contributed by atoms with E-state index in [-0.39, 0.29) is 35.3 Å². The zero-order chi connectivity index (χ0) is 34.9. The number of aromatic nitrogens is 2. The van der Waals surface area contributed by atoms with Crippen LogP contribution in [0.1, 0.15) is 72.8 Å². The number of nitrogens with one attached hydrogen (secondary N) is 1. The number of aromatic hydroxyl groups is 1. The summed E-state index contributed by atoms with van der Waals surface area (Å²) in [5.41, 5.74) is 2.31. The smallest absolute Gasteiger partial charge is 0.308 e. The first-order valence-corrected chi connectivity index (χ1v) is 16.8. The van der Waals surface area contributed by atoms with Crippen LogP contribution in [0, 0.1) is 23.5 Å². The third kappa shape index (κ3) is 7.41. The number of piperidine rings is 1. The number of hydrogen-bond acceptors (Lipinski definition) is 7. The molecule has 1 saturated heterocycles. The molecule has 4 aromatic rings. The summed E-state index contributed by atoms with van der Waals surface area (Å²) in [6.45, 7) is 5.78. The fourth-order valence-electron chi connectivity index (χ4n) is 6.98. The van der Waals surface area contributed by atoms with Crippen molar-refractivity contribution in [2.75, 3.05) is 26.7 Å². The maximum atomic E-state index is 15.6. The molecular weight excluding hydrogens is 633 g/mol. The van der Waals surface area contributed by atoms with Gasteiger partial charge in [-0.1, -0.05) is 38.1 Å². The normalized spacial score (nSPS) is 19.1. The number of aryl methyl sites for hydroxylation is 1. The number of carbonyl (C=O) groups excluding carboxylic acids is 2. The van der Waals surface area contributed by atoms with Crippen LogP contribution >= 0.6 is 0 Å². The predicted molar refractivity (Wildman–Crippen MR) is 180 cm³/mol. The van der Waals surface area contributed by atoms with Crippen molar-refractivity contribution < 1.29 is 32.6 Å². The summed E-state index contributed by atoms with van der Waals surface area (Å²) in [5.74, 6) is -3.08. The van der Waals surface area contributed by atoms with Crippen molar-refractivity contribution in [1.29, 1.82) is 0 Å². The van der Waals surface area contributed by atoms with E-state index < -0.39 is 35.1 Å². The van der Waals surface area contributed by atoms with Gasteiger partial charge in [0.25, 0.3) is 5.91 Å². The van der Waals surface area contributed by atoms with E-state index >= 15 is 8.78 Å².